The first kappa shape index (κ1) is 36.2. The second kappa shape index (κ2) is 14.2. The van der Waals surface area contributed by atoms with E-state index < -0.39 is 0 Å². The molecular weight excluding hydrogens is 767 g/mol. The summed E-state index contributed by atoms with van der Waals surface area (Å²) in [4.78, 5) is 0. The first-order valence-corrected chi connectivity index (χ1v) is 21.3. The van der Waals surface area contributed by atoms with Crippen molar-refractivity contribution in [3.05, 3.63) is 222 Å². The zero-order chi connectivity index (χ0) is 42.2. The SMILES string of the molecule is Cc1ccccc1-c1ccccc1Cc1c(-n2c3ccccc3c3ccccc32)c(C#N)c(C#N)c(-n2c3ccccc3c3ccccc32)c1-n1c2ccccc2c2ccccc21. The Hall–Kier alpha value is -8.64. The lowest BCUT2D eigenvalue weighted by Crippen LogP contribution is -2.16. The van der Waals surface area contributed by atoms with Gasteiger partial charge < -0.3 is 13.7 Å². The first-order chi connectivity index (χ1) is 31.2. The van der Waals surface area contributed by atoms with Gasteiger partial charge in [-0.05, 0) is 65.6 Å². The molecule has 0 N–H and O–H groups in total. The summed E-state index contributed by atoms with van der Waals surface area (Å²) in [6.07, 6.45) is 0.446. The third kappa shape index (κ3) is 5.27. The number of aryl methyl sites for hydroxylation is 1. The normalized spacial score (nSPS) is 11.6. The quantitative estimate of drug-likeness (QED) is 0.168. The van der Waals surface area contributed by atoms with Crippen molar-refractivity contribution in [3.63, 3.8) is 0 Å². The molecule has 294 valence electrons. The van der Waals surface area contributed by atoms with Crippen molar-refractivity contribution in [2.75, 3.05) is 0 Å². The molecule has 5 heteroatoms. The van der Waals surface area contributed by atoms with E-state index >= 15 is 0 Å². The van der Waals surface area contributed by atoms with Crippen LogP contribution in [0.25, 0.3) is 93.6 Å². The second-order valence-corrected chi connectivity index (χ2v) is 16.3. The maximum absolute atomic E-state index is 11.8. The number of aromatic nitrogens is 3. The van der Waals surface area contributed by atoms with Crippen LogP contribution in [-0.4, -0.2) is 13.7 Å². The maximum Gasteiger partial charge on any atom is 0.103 e. The van der Waals surface area contributed by atoms with E-state index in [9.17, 15) is 10.5 Å². The molecule has 0 aliphatic carbocycles. The molecule has 0 spiro atoms. The highest BCUT2D eigenvalue weighted by Gasteiger charge is 2.32. The van der Waals surface area contributed by atoms with Gasteiger partial charge in [0.15, 0.2) is 0 Å². The summed E-state index contributed by atoms with van der Waals surface area (Å²) < 4.78 is 6.87. The van der Waals surface area contributed by atoms with Crippen LogP contribution in [0.15, 0.2) is 194 Å². The van der Waals surface area contributed by atoms with Gasteiger partial charge in [0.05, 0.1) is 61.3 Å². The highest BCUT2D eigenvalue weighted by atomic mass is 15.1. The third-order valence-corrected chi connectivity index (χ3v) is 13.0. The Balaban J connectivity index is 1.38. The molecule has 12 rings (SSSR count). The summed E-state index contributed by atoms with van der Waals surface area (Å²) in [6, 6.07) is 73.3. The summed E-state index contributed by atoms with van der Waals surface area (Å²) in [7, 11) is 0. The molecule has 5 nitrogen and oxygen atoms in total. The molecule has 0 radical (unpaired) electrons. The van der Waals surface area contributed by atoms with Crippen LogP contribution in [0, 0.1) is 29.6 Å². The number of fused-ring (bicyclic) bond motifs is 9. The topological polar surface area (TPSA) is 62.4 Å². The first-order valence-electron chi connectivity index (χ1n) is 21.3. The van der Waals surface area contributed by atoms with Gasteiger partial charge in [-0.3, -0.25) is 0 Å². The number of hydrogen-bond donors (Lipinski definition) is 0. The molecule has 0 atom stereocenters. The number of para-hydroxylation sites is 6. The van der Waals surface area contributed by atoms with Gasteiger partial charge in [0.25, 0.3) is 0 Å². The lowest BCUT2D eigenvalue weighted by Gasteiger charge is -2.27. The van der Waals surface area contributed by atoms with Crippen LogP contribution in [0.3, 0.4) is 0 Å². The number of hydrogen-bond acceptors (Lipinski definition) is 2. The van der Waals surface area contributed by atoms with Crippen molar-refractivity contribution >= 4 is 65.4 Å². The largest absolute Gasteiger partial charge is 0.307 e. The molecule has 0 fully saturated rings. The van der Waals surface area contributed by atoms with Gasteiger partial charge in [0.1, 0.15) is 12.1 Å². The van der Waals surface area contributed by atoms with Crippen LogP contribution in [0.2, 0.25) is 0 Å². The minimum Gasteiger partial charge on any atom is -0.307 e. The van der Waals surface area contributed by atoms with Crippen molar-refractivity contribution in [3.8, 4) is 40.3 Å². The molecule has 0 aliphatic rings. The number of nitriles is 2. The van der Waals surface area contributed by atoms with Crippen LogP contribution >= 0.6 is 0 Å². The molecule has 0 saturated carbocycles. The van der Waals surface area contributed by atoms with Gasteiger partial charge in [0.2, 0.25) is 0 Å². The highest BCUT2D eigenvalue weighted by Crippen LogP contribution is 2.47. The summed E-state index contributed by atoms with van der Waals surface area (Å²) in [5, 5.41) is 30.2. The minimum absolute atomic E-state index is 0.314. The highest BCUT2D eigenvalue weighted by molar-refractivity contribution is 6.13. The fourth-order valence-electron chi connectivity index (χ4n) is 10.3. The molecule has 0 amide bonds. The molecule has 12 aromatic rings. The number of nitrogens with zero attached hydrogens (tertiary/aromatic N) is 5. The lowest BCUT2D eigenvalue weighted by molar-refractivity contribution is 1.01. The van der Waals surface area contributed by atoms with E-state index in [2.05, 4.69) is 227 Å². The summed E-state index contributed by atoms with van der Waals surface area (Å²) in [6.45, 7) is 2.16. The Morgan fingerprint density at radius 3 is 1.08 bits per heavy atom. The zero-order valence-corrected chi connectivity index (χ0v) is 34.4. The molecule has 9 aromatic carbocycles. The Morgan fingerprint density at radius 1 is 0.349 bits per heavy atom. The molecular formula is C58H37N5. The second-order valence-electron chi connectivity index (χ2n) is 16.3. The predicted octanol–water partition coefficient (Wildman–Crippen LogP) is 14.3. The van der Waals surface area contributed by atoms with Gasteiger partial charge in [-0.1, -0.05) is 158 Å². The number of rotatable bonds is 6. The molecule has 3 heterocycles. The van der Waals surface area contributed by atoms with Gasteiger partial charge in [-0.25, -0.2) is 0 Å². The molecule has 63 heavy (non-hydrogen) atoms. The van der Waals surface area contributed by atoms with E-state index in [4.69, 9.17) is 0 Å². The summed E-state index contributed by atoms with van der Waals surface area (Å²) in [5.74, 6) is 0. The van der Waals surface area contributed by atoms with Crippen molar-refractivity contribution in [2.24, 2.45) is 0 Å². The average Bonchev–Trinajstić information content (AvgIpc) is 3.97. The Labute approximate surface area is 363 Å². The summed E-state index contributed by atoms with van der Waals surface area (Å²) in [5.41, 5.74) is 14.2. The van der Waals surface area contributed by atoms with Crippen LogP contribution < -0.4 is 0 Å². The van der Waals surface area contributed by atoms with Crippen molar-refractivity contribution in [1.29, 1.82) is 10.5 Å². The van der Waals surface area contributed by atoms with Crippen LogP contribution in [0.1, 0.15) is 27.8 Å². The van der Waals surface area contributed by atoms with Crippen molar-refractivity contribution in [2.45, 2.75) is 13.3 Å². The lowest BCUT2D eigenvalue weighted by atomic mass is 9.88. The third-order valence-electron chi connectivity index (χ3n) is 13.0. The predicted molar refractivity (Wildman–Crippen MR) is 258 cm³/mol. The van der Waals surface area contributed by atoms with E-state index in [1.807, 2.05) is 0 Å². The van der Waals surface area contributed by atoms with Gasteiger partial charge in [0, 0.05) is 44.3 Å². The van der Waals surface area contributed by atoms with Crippen molar-refractivity contribution in [1.82, 2.24) is 13.7 Å². The fraction of sp³-hybridized carbons (Fsp3) is 0.0345. The molecule has 0 bridgehead atoms. The van der Waals surface area contributed by atoms with Gasteiger partial charge in [-0.2, -0.15) is 10.5 Å². The monoisotopic (exact) mass is 803 g/mol. The number of benzene rings is 9. The van der Waals surface area contributed by atoms with Crippen LogP contribution in [-0.2, 0) is 6.42 Å². The summed E-state index contributed by atoms with van der Waals surface area (Å²) >= 11 is 0. The van der Waals surface area contributed by atoms with Crippen LogP contribution in [0.5, 0.6) is 0 Å². The van der Waals surface area contributed by atoms with E-state index in [0.29, 0.717) is 28.9 Å². The molecule has 0 saturated heterocycles. The molecule has 0 aliphatic heterocycles. The van der Waals surface area contributed by atoms with Gasteiger partial charge in [-0.15, -0.1) is 0 Å². The van der Waals surface area contributed by atoms with Crippen LogP contribution in [0.4, 0.5) is 0 Å². The Morgan fingerprint density at radius 2 is 0.667 bits per heavy atom. The van der Waals surface area contributed by atoms with E-state index in [0.717, 1.165) is 93.4 Å². The van der Waals surface area contributed by atoms with E-state index in [1.54, 1.807) is 0 Å². The average molecular weight is 804 g/mol. The molecule has 3 aromatic heterocycles. The zero-order valence-electron chi connectivity index (χ0n) is 34.4. The van der Waals surface area contributed by atoms with Crippen molar-refractivity contribution < 1.29 is 0 Å². The van der Waals surface area contributed by atoms with Gasteiger partial charge >= 0.3 is 0 Å². The smallest absolute Gasteiger partial charge is 0.103 e. The maximum atomic E-state index is 11.8. The van der Waals surface area contributed by atoms with E-state index in [1.165, 1.54) is 5.56 Å². The van der Waals surface area contributed by atoms with E-state index in [-0.39, 0.29) is 0 Å². The minimum atomic E-state index is 0.314. The Bertz CT molecular complexity index is 3780. The Kier molecular flexibility index (Phi) is 8.19. The molecule has 0 unspecified atom stereocenters. The fourth-order valence-corrected chi connectivity index (χ4v) is 10.3. The standard InChI is InChI=1S/C58H37N5/c1-37-18-2-4-20-39(37)40-21-5-3-19-38(40)34-47-56(61-50-28-12-6-22-41(50)42-23-7-13-29-51(42)61)48(35-59)49(36-60)58(63-54-32-16-10-26-45(54)46-27-11-17-33-55(46)63)57(47)62-52-30-14-8-24-43(52)44-25-9-15-31-53(44)62/h2-33H,34H2,1H3.